The Labute approximate surface area is 121 Å². The maximum atomic E-state index is 11.9. The van der Waals surface area contributed by atoms with E-state index >= 15 is 0 Å². The summed E-state index contributed by atoms with van der Waals surface area (Å²) >= 11 is 12.1. The summed E-state index contributed by atoms with van der Waals surface area (Å²) in [6.45, 7) is 2.05. The lowest BCUT2D eigenvalue weighted by atomic mass is 10.3. The Morgan fingerprint density at radius 1 is 1.47 bits per heavy atom. The van der Waals surface area contributed by atoms with Crippen molar-refractivity contribution in [3.8, 4) is 0 Å². The van der Waals surface area contributed by atoms with Crippen LogP contribution in [0.5, 0.6) is 0 Å². The van der Waals surface area contributed by atoms with Gasteiger partial charge in [0.1, 0.15) is 12.4 Å². The number of hydrogen-bond donors (Lipinski definition) is 0. The lowest BCUT2D eigenvalue weighted by Crippen LogP contribution is -2.27. The van der Waals surface area contributed by atoms with Gasteiger partial charge in [0.05, 0.1) is 16.4 Å². The van der Waals surface area contributed by atoms with Gasteiger partial charge in [-0.2, -0.15) is 0 Å². The van der Waals surface area contributed by atoms with Crippen LogP contribution in [0.2, 0.25) is 5.02 Å². The third kappa shape index (κ3) is 2.85. The maximum absolute atomic E-state index is 11.9. The maximum Gasteiger partial charge on any atom is 0.242 e. The summed E-state index contributed by atoms with van der Waals surface area (Å²) in [7, 11) is 3.45. The van der Waals surface area contributed by atoms with Crippen LogP contribution in [0, 0.1) is 0 Å². The van der Waals surface area contributed by atoms with Gasteiger partial charge >= 0.3 is 0 Å². The van der Waals surface area contributed by atoms with Crippen molar-refractivity contribution in [3.63, 3.8) is 0 Å². The highest BCUT2D eigenvalue weighted by molar-refractivity contribution is 6.31. The number of carbonyl (C=O) groups is 1. The Morgan fingerprint density at radius 2 is 2.16 bits per heavy atom. The highest BCUT2D eigenvalue weighted by Gasteiger charge is 2.17. The minimum atomic E-state index is -0.277. The van der Waals surface area contributed by atoms with Crippen molar-refractivity contribution in [1.29, 1.82) is 0 Å². The van der Waals surface area contributed by atoms with Crippen LogP contribution in [0.25, 0.3) is 11.0 Å². The van der Waals surface area contributed by atoms with Crippen LogP contribution < -0.4 is 0 Å². The van der Waals surface area contributed by atoms with Crippen molar-refractivity contribution in [2.75, 3.05) is 14.1 Å². The molecule has 0 aliphatic heterocycles. The fourth-order valence-corrected chi connectivity index (χ4v) is 2.20. The van der Waals surface area contributed by atoms with Crippen molar-refractivity contribution in [1.82, 2.24) is 14.5 Å². The van der Waals surface area contributed by atoms with Crippen LogP contribution >= 0.6 is 23.2 Å². The van der Waals surface area contributed by atoms with Crippen LogP contribution in [0.3, 0.4) is 0 Å². The number of nitrogens with zero attached hydrogens (tertiary/aromatic N) is 3. The van der Waals surface area contributed by atoms with Gasteiger partial charge in [0.15, 0.2) is 0 Å². The average Bonchev–Trinajstić information content (AvgIpc) is 2.67. The van der Waals surface area contributed by atoms with Crippen molar-refractivity contribution in [3.05, 3.63) is 29.0 Å². The van der Waals surface area contributed by atoms with E-state index in [2.05, 4.69) is 4.98 Å². The summed E-state index contributed by atoms with van der Waals surface area (Å²) in [6, 6.07) is 5.41. The molecule has 0 saturated carbocycles. The van der Waals surface area contributed by atoms with Crippen molar-refractivity contribution in [2.24, 2.45) is 0 Å². The lowest BCUT2D eigenvalue weighted by molar-refractivity contribution is -0.129. The van der Waals surface area contributed by atoms with Gasteiger partial charge in [0, 0.05) is 19.1 Å². The van der Waals surface area contributed by atoms with Gasteiger partial charge in [-0.05, 0) is 25.1 Å². The number of hydrogen-bond acceptors (Lipinski definition) is 2. The SMILES string of the molecule is CC(Cl)c1nc2cc(Cl)ccc2n1CC(=O)N(C)C. The van der Waals surface area contributed by atoms with E-state index < -0.39 is 0 Å². The Hall–Kier alpha value is -1.26. The molecule has 1 aromatic heterocycles. The van der Waals surface area contributed by atoms with Gasteiger partial charge in [-0.1, -0.05) is 11.6 Å². The monoisotopic (exact) mass is 299 g/mol. The molecule has 1 heterocycles. The zero-order chi connectivity index (χ0) is 14.2. The largest absolute Gasteiger partial charge is 0.347 e. The second-order valence-electron chi connectivity index (χ2n) is 4.59. The van der Waals surface area contributed by atoms with Gasteiger partial charge < -0.3 is 9.47 Å². The van der Waals surface area contributed by atoms with E-state index in [1.54, 1.807) is 31.1 Å². The van der Waals surface area contributed by atoms with Crippen LogP contribution in [-0.2, 0) is 11.3 Å². The Balaban J connectivity index is 2.55. The number of amides is 1. The van der Waals surface area contributed by atoms with E-state index in [0.29, 0.717) is 10.8 Å². The molecule has 6 heteroatoms. The quantitative estimate of drug-likeness (QED) is 0.817. The molecule has 0 spiro atoms. The summed E-state index contributed by atoms with van der Waals surface area (Å²) in [5.41, 5.74) is 1.61. The fraction of sp³-hybridized carbons (Fsp3) is 0.385. The number of carbonyl (C=O) groups excluding carboxylic acids is 1. The standard InChI is InChI=1S/C13H15Cl2N3O/c1-8(14)13-16-10-6-9(15)4-5-11(10)18(13)7-12(19)17(2)3/h4-6,8H,7H2,1-3H3. The number of fused-ring (bicyclic) bond motifs is 1. The molecule has 0 radical (unpaired) electrons. The zero-order valence-corrected chi connectivity index (χ0v) is 12.5. The van der Waals surface area contributed by atoms with E-state index in [1.165, 1.54) is 0 Å². The Morgan fingerprint density at radius 3 is 2.74 bits per heavy atom. The molecule has 2 rings (SSSR count). The molecule has 1 amide bonds. The second kappa shape index (κ2) is 5.39. The van der Waals surface area contributed by atoms with Crippen LogP contribution in [-0.4, -0.2) is 34.5 Å². The average molecular weight is 300 g/mol. The van der Waals surface area contributed by atoms with Crippen LogP contribution in [0.15, 0.2) is 18.2 Å². The van der Waals surface area contributed by atoms with Crippen molar-refractivity contribution in [2.45, 2.75) is 18.8 Å². The first-order chi connectivity index (χ1) is 8.90. The predicted octanol–water partition coefficient (Wildman–Crippen LogP) is 3.08. The second-order valence-corrected chi connectivity index (χ2v) is 5.68. The number of likely N-dealkylation sites (N-methyl/N-ethyl adjacent to an activating group) is 1. The number of alkyl halides is 1. The molecule has 0 aliphatic carbocycles. The molecule has 0 bridgehead atoms. The molecular weight excluding hydrogens is 285 g/mol. The number of imidazole rings is 1. The summed E-state index contributed by atoms with van der Waals surface area (Å²) in [4.78, 5) is 17.9. The molecule has 0 aliphatic rings. The van der Waals surface area contributed by atoms with E-state index in [4.69, 9.17) is 23.2 Å². The topological polar surface area (TPSA) is 38.1 Å². The minimum absolute atomic E-state index is 0.00665. The third-order valence-electron chi connectivity index (χ3n) is 2.89. The van der Waals surface area contributed by atoms with Crippen molar-refractivity contribution < 1.29 is 4.79 Å². The first kappa shape index (κ1) is 14.2. The first-order valence-corrected chi connectivity index (χ1v) is 6.71. The smallest absolute Gasteiger partial charge is 0.242 e. The summed E-state index contributed by atoms with van der Waals surface area (Å²) in [6.07, 6.45) is 0. The normalized spacial score (nSPS) is 12.7. The summed E-state index contributed by atoms with van der Waals surface area (Å²) < 4.78 is 1.84. The molecule has 4 nitrogen and oxygen atoms in total. The van der Waals surface area contributed by atoms with Crippen LogP contribution in [0.4, 0.5) is 0 Å². The number of aromatic nitrogens is 2. The third-order valence-corrected chi connectivity index (χ3v) is 3.32. The number of benzene rings is 1. The van der Waals surface area contributed by atoms with Gasteiger partial charge in [0.2, 0.25) is 5.91 Å². The van der Waals surface area contributed by atoms with Gasteiger partial charge in [0.25, 0.3) is 0 Å². The molecule has 0 N–H and O–H groups in total. The van der Waals surface area contributed by atoms with Gasteiger partial charge in [-0.3, -0.25) is 4.79 Å². The molecule has 2 aromatic rings. The molecule has 19 heavy (non-hydrogen) atoms. The first-order valence-electron chi connectivity index (χ1n) is 5.90. The van der Waals surface area contributed by atoms with Crippen LogP contribution in [0.1, 0.15) is 18.1 Å². The lowest BCUT2D eigenvalue weighted by Gasteiger charge is -2.14. The Bertz CT molecular complexity index is 620. The van der Waals surface area contributed by atoms with E-state index in [1.807, 2.05) is 17.6 Å². The van der Waals surface area contributed by atoms with Crippen molar-refractivity contribution >= 4 is 40.1 Å². The summed E-state index contributed by atoms with van der Waals surface area (Å²) in [5, 5.41) is 0.339. The Kier molecular flexibility index (Phi) is 4.02. The molecule has 1 aromatic carbocycles. The highest BCUT2D eigenvalue weighted by atomic mass is 35.5. The minimum Gasteiger partial charge on any atom is -0.347 e. The highest BCUT2D eigenvalue weighted by Crippen LogP contribution is 2.26. The number of rotatable bonds is 3. The van der Waals surface area contributed by atoms with Gasteiger partial charge in [-0.25, -0.2) is 4.98 Å². The van der Waals surface area contributed by atoms with E-state index in [9.17, 15) is 4.79 Å². The van der Waals surface area contributed by atoms with E-state index in [-0.39, 0.29) is 17.8 Å². The molecule has 1 unspecified atom stereocenters. The molecule has 102 valence electrons. The molecule has 0 saturated heterocycles. The molecule has 0 fully saturated rings. The number of halogens is 2. The fourth-order valence-electron chi connectivity index (χ4n) is 1.87. The molecular formula is C13H15Cl2N3O. The molecule has 1 atom stereocenters. The predicted molar refractivity (Wildman–Crippen MR) is 77.7 cm³/mol. The zero-order valence-electron chi connectivity index (χ0n) is 11.0. The summed E-state index contributed by atoms with van der Waals surface area (Å²) in [5.74, 6) is 0.668. The van der Waals surface area contributed by atoms with Gasteiger partial charge in [-0.15, -0.1) is 11.6 Å². The van der Waals surface area contributed by atoms with E-state index in [0.717, 1.165) is 11.0 Å².